The van der Waals surface area contributed by atoms with Gasteiger partial charge in [0.05, 0.1) is 23.2 Å². The first-order chi connectivity index (χ1) is 13.0. The minimum atomic E-state index is -0.384. The van der Waals surface area contributed by atoms with Crippen molar-refractivity contribution >= 4 is 33.5 Å². The molecule has 1 aliphatic rings. The molecule has 8 heteroatoms. The molecule has 0 saturated carbocycles. The molecule has 1 amide bonds. The maximum Gasteiger partial charge on any atom is 0.337 e. The van der Waals surface area contributed by atoms with Crippen molar-refractivity contribution in [2.45, 2.75) is 19.4 Å². The zero-order valence-corrected chi connectivity index (χ0v) is 16.4. The highest BCUT2D eigenvalue weighted by molar-refractivity contribution is 9.10. The van der Waals surface area contributed by atoms with Crippen LogP contribution >= 0.6 is 15.9 Å². The van der Waals surface area contributed by atoms with Crippen LogP contribution in [-0.2, 0) is 11.2 Å². The van der Waals surface area contributed by atoms with Gasteiger partial charge in [0.25, 0.3) is 5.91 Å². The van der Waals surface area contributed by atoms with Gasteiger partial charge in [-0.05, 0) is 52.5 Å². The molecule has 0 spiro atoms. The number of amides is 1. The van der Waals surface area contributed by atoms with Crippen LogP contribution in [0.25, 0.3) is 5.65 Å². The molecular weight excluding hydrogens is 412 g/mol. The molecule has 0 aliphatic carbocycles. The van der Waals surface area contributed by atoms with E-state index in [-0.39, 0.29) is 17.9 Å². The van der Waals surface area contributed by atoms with Crippen LogP contribution in [0.5, 0.6) is 0 Å². The van der Waals surface area contributed by atoms with E-state index in [1.807, 2.05) is 19.1 Å². The van der Waals surface area contributed by atoms with Crippen molar-refractivity contribution in [2.24, 2.45) is 0 Å². The predicted octanol–water partition coefficient (Wildman–Crippen LogP) is 3.04. The van der Waals surface area contributed by atoms with Crippen molar-refractivity contribution in [3.05, 3.63) is 63.5 Å². The normalized spacial score (nSPS) is 16.3. The fourth-order valence-electron chi connectivity index (χ4n) is 3.44. The van der Waals surface area contributed by atoms with Crippen LogP contribution < -0.4 is 0 Å². The highest BCUT2D eigenvalue weighted by atomic mass is 79.9. The lowest BCUT2D eigenvalue weighted by Gasteiger charge is -2.35. The van der Waals surface area contributed by atoms with Gasteiger partial charge in [-0.15, -0.1) is 0 Å². The molecule has 3 heterocycles. The third kappa shape index (κ3) is 3.10. The average molecular weight is 429 g/mol. The Balaban J connectivity index is 1.66. The van der Waals surface area contributed by atoms with Crippen LogP contribution in [0.2, 0.25) is 0 Å². The molecule has 27 heavy (non-hydrogen) atoms. The van der Waals surface area contributed by atoms with Crippen LogP contribution in [-0.4, -0.2) is 45.0 Å². The number of hydrogen-bond acceptors (Lipinski definition) is 5. The number of ether oxygens (including phenoxy) is 1. The maximum atomic E-state index is 13.1. The van der Waals surface area contributed by atoms with E-state index in [0.717, 1.165) is 22.0 Å². The number of hydrogen-bond donors (Lipinski definition) is 0. The molecule has 2 aromatic heterocycles. The van der Waals surface area contributed by atoms with Crippen LogP contribution in [0.1, 0.15) is 44.9 Å². The van der Waals surface area contributed by atoms with E-state index in [4.69, 9.17) is 4.74 Å². The Hall–Kier alpha value is -2.74. The number of rotatable bonds is 2. The summed E-state index contributed by atoms with van der Waals surface area (Å²) < 4.78 is 7.17. The van der Waals surface area contributed by atoms with Gasteiger partial charge in [-0.25, -0.2) is 14.3 Å². The first-order valence-electron chi connectivity index (χ1n) is 8.51. The third-order valence-electron chi connectivity index (χ3n) is 4.87. The Morgan fingerprint density at radius 2 is 2.11 bits per heavy atom. The molecule has 1 unspecified atom stereocenters. The van der Waals surface area contributed by atoms with Gasteiger partial charge in [-0.1, -0.05) is 6.07 Å². The molecule has 0 radical (unpaired) electrons. The minimum absolute atomic E-state index is 0.154. The molecule has 3 aromatic rings. The number of benzene rings is 1. The summed E-state index contributed by atoms with van der Waals surface area (Å²) in [7, 11) is 1.36. The number of aromatic nitrogens is 3. The first-order valence-corrected chi connectivity index (χ1v) is 9.30. The van der Waals surface area contributed by atoms with E-state index in [1.54, 1.807) is 33.9 Å². The summed E-state index contributed by atoms with van der Waals surface area (Å²) in [4.78, 5) is 30.9. The second-order valence-corrected chi connectivity index (χ2v) is 7.35. The number of nitrogens with zero attached hydrogens (tertiary/aromatic N) is 4. The molecule has 1 aromatic carbocycles. The third-order valence-corrected chi connectivity index (χ3v) is 5.28. The molecule has 7 nitrogen and oxygen atoms in total. The standard InChI is InChI=1S/C19H17BrN4O3/c1-11-15-7-13(19(26)27-2)4-3-12(15)5-6-23(11)18(25)16-8-17-21-9-14(20)10-24(17)22-16/h3-4,7-11H,5-6H2,1-2H3. The van der Waals surface area contributed by atoms with Crippen molar-refractivity contribution in [1.29, 1.82) is 0 Å². The molecule has 1 aliphatic heterocycles. The van der Waals surface area contributed by atoms with Crippen LogP contribution in [0.3, 0.4) is 0 Å². The largest absolute Gasteiger partial charge is 0.465 e. The van der Waals surface area contributed by atoms with Gasteiger partial charge in [0.15, 0.2) is 11.3 Å². The van der Waals surface area contributed by atoms with Gasteiger partial charge in [0.1, 0.15) is 0 Å². The summed E-state index contributed by atoms with van der Waals surface area (Å²) >= 11 is 3.35. The minimum Gasteiger partial charge on any atom is -0.465 e. The fraction of sp³-hybridized carbons (Fsp3) is 0.263. The second kappa shape index (κ2) is 6.77. The van der Waals surface area contributed by atoms with Crippen LogP contribution in [0.15, 0.2) is 41.1 Å². The van der Waals surface area contributed by atoms with E-state index in [0.29, 0.717) is 23.4 Å². The summed E-state index contributed by atoms with van der Waals surface area (Å²) in [6.07, 6.45) is 4.15. The van der Waals surface area contributed by atoms with E-state index in [1.165, 1.54) is 7.11 Å². The predicted molar refractivity (Wildman–Crippen MR) is 102 cm³/mol. The van der Waals surface area contributed by atoms with Crippen molar-refractivity contribution in [3.8, 4) is 0 Å². The van der Waals surface area contributed by atoms with E-state index < -0.39 is 0 Å². The second-order valence-electron chi connectivity index (χ2n) is 6.43. The Labute approximate surface area is 164 Å². The summed E-state index contributed by atoms with van der Waals surface area (Å²) in [5, 5.41) is 4.36. The fourth-order valence-corrected chi connectivity index (χ4v) is 3.74. The maximum absolute atomic E-state index is 13.1. The molecule has 138 valence electrons. The highest BCUT2D eigenvalue weighted by Gasteiger charge is 2.30. The molecule has 0 bridgehead atoms. The van der Waals surface area contributed by atoms with Gasteiger partial charge in [-0.2, -0.15) is 5.10 Å². The van der Waals surface area contributed by atoms with Crippen LogP contribution in [0, 0.1) is 0 Å². The number of methoxy groups -OCH3 is 1. The highest BCUT2D eigenvalue weighted by Crippen LogP contribution is 2.31. The first kappa shape index (κ1) is 17.7. The number of halogens is 1. The van der Waals surface area contributed by atoms with Crippen molar-refractivity contribution in [1.82, 2.24) is 19.5 Å². The van der Waals surface area contributed by atoms with Crippen molar-refractivity contribution in [2.75, 3.05) is 13.7 Å². The lowest BCUT2D eigenvalue weighted by molar-refractivity contribution is 0.0600. The summed E-state index contributed by atoms with van der Waals surface area (Å²) in [5.41, 5.74) is 3.54. The van der Waals surface area contributed by atoms with Gasteiger partial charge in [0.2, 0.25) is 0 Å². The van der Waals surface area contributed by atoms with Crippen LogP contribution in [0.4, 0.5) is 0 Å². The SMILES string of the molecule is COC(=O)c1ccc2c(c1)C(C)N(C(=O)c1cc3ncc(Br)cn3n1)CC2. The lowest BCUT2D eigenvalue weighted by Crippen LogP contribution is -2.39. The molecule has 0 saturated heterocycles. The zero-order valence-electron chi connectivity index (χ0n) is 14.8. The number of carbonyl (C=O) groups excluding carboxylic acids is 2. The van der Waals surface area contributed by atoms with Gasteiger partial charge >= 0.3 is 5.97 Å². The lowest BCUT2D eigenvalue weighted by atomic mass is 9.91. The number of fused-ring (bicyclic) bond motifs is 2. The van der Waals surface area contributed by atoms with E-state index >= 15 is 0 Å². The monoisotopic (exact) mass is 428 g/mol. The van der Waals surface area contributed by atoms with Gasteiger partial charge < -0.3 is 9.64 Å². The molecule has 0 N–H and O–H groups in total. The quantitative estimate of drug-likeness (QED) is 0.586. The summed E-state index contributed by atoms with van der Waals surface area (Å²) in [6.45, 7) is 2.55. The summed E-state index contributed by atoms with van der Waals surface area (Å²) in [5.74, 6) is -0.538. The smallest absolute Gasteiger partial charge is 0.337 e. The number of esters is 1. The number of carbonyl (C=O) groups is 2. The summed E-state index contributed by atoms with van der Waals surface area (Å²) in [6, 6.07) is 7.03. The Kier molecular flexibility index (Phi) is 4.43. The topological polar surface area (TPSA) is 76.8 Å². The average Bonchev–Trinajstić information content (AvgIpc) is 3.10. The van der Waals surface area contributed by atoms with Gasteiger partial charge in [-0.3, -0.25) is 4.79 Å². The molecule has 4 rings (SSSR count). The van der Waals surface area contributed by atoms with E-state index in [2.05, 4.69) is 26.0 Å². The Bertz CT molecular complexity index is 1060. The zero-order chi connectivity index (χ0) is 19.1. The van der Waals surface area contributed by atoms with Gasteiger partial charge in [0, 0.05) is 25.0 Å². The Morgan fingerprint density at radius 1 is 1.30 bits per heavy atom. The molecule has 1 atom stereocenters. The van der Waals surface area contributed by atoms with E-state index in [9.17, 15) is 9.59 Å². The van der Waals surface area contributed by atoms with Crippen molar-refractivity contribution in [3.63, 3.8) is 0 Å². The van der Waals surface area contributed by atoms with Crippen molar-refractivity contribution < 1.29 is 14.3 Å². The molecule has 0 fully saturated rings. The molecular formula is C19H17BrN4O3. The Morgan fingerprint density at radius 3 is 2.89 bits per heavy atom.